The number of Topliss-reactive ketones (excluding diaryl/α,β-unsaturated/α-hetero) is 2. The molecule has 1 heterocycles. The molecule has 0 radical (unpaired) electrons. The summed E-state index contributed by atoms with van der Waals surface area (Å²) < 4.78 is 0. The molecule has 39 heavy (non-hydrogen) atoms. The zero-order valence-corrected chi connectivity index (χ0v) is 23.7. The van der Waals surface area contributed by atoms with Gasteiger partial charge in [-0.2, -0.15) is 0 Å². The van der Waals surface area contributed by atoms with Gasteiger partial charge in [0.1, 0.15) is 5.75 Å². The standard InChI is InChI=1S/C33H39NO5/c1-16-13-20(14-17(2)28(16)35)27-22-11-12-23-26(32(39)34(31(23)38)21-9-7-6-8-10-21)24(22)15-25-29(36)18(3)19(4)30(37)33(25,27)5/h11,13-14,21,23-27,35H,6-10,12,15H2,1-5H3/t23-,24+,25-,26-,27-,33+/m0/s1. The fourth-order valence-corrected chi connectivity index (χ4v) is 8.84. The van der Waals surface area contributed by atoms with Gasteiger partial charge < -0.3 is 5.11 Å². The van der Waals surface area contributed by atoms with Crippen LogP contribution >= 0.6 is 0 Å². The minimum atomic E-state index is -1.000. The van der Waals surface area contributed by atoms with Crippen molar-refractivity contribution in [2.24, 2.45) is 29.1 Å². The number of hydrogen-bond acceptors (Lipinski definition) is 5. The van der Waals surface area contributed by atoms with Gasteiger partial charge in [0.15, 0.2) is 11.6 Å². The number of ketones is 2. The molecule has 2 saturated carbocycles. The van der Waals surface area contributed by atoms with Crippen molar-refractivity contribution in [3.63, 3.8) is 0 Å². The number of allylic oxidation sites excluding steroid dienone is 4. The molecular weight excluding hydrogens is 490 g/mol. The van der Waals surface area contributed by atoms with Gasteiger partial charge >= 0.3 is 0 Å². The van der Waals surface area contributed by atoms with E-state index < -0.39 is 29.1 Å². The number of aryl methyl sites for hydroxylation is 2. The van der Waals surface area contributed by atoms with Crippen molar-refractivity contribution >= 4 is 23.4 Å². The van der Waals surface area contributed by atoms with Crippen LogP contribution in [-0.4, -0.2) is 39.4 Å². The van der Waals surface area contributed by atoms with Crippen molar-refractivity contribution < 1.29 is 24.3 Å². The third kappa shape index (κ3) is 3.52. The lowest BCUT2D eigenvalue weighted by molar-refractivity contribution is -0.144. The van der Waals surface area contributed by atoms with Crippen molar-refractivity contribution in [3.05, 3.63) is 51.6 Å². The van der Waals surface area contributed by atoms with Crippen LogP contribution in [0.2, 0.25) is 0 Å². The number of nitrogens with zero attached hydrogens (tertiary/aromatic N) is 1. The van der Waals surface area contributed by atoms with Gasteiger partial charge in [0.2, 0.25) is 11.8 Å². The third-order valence-electron chi connectivity index (χ3n) is 11.0. The fourth-order valence-electron chi connectivity index (χ4n) is 8.84. The SMILES string of the molecule is CC1=C(C)C(=O)[C@@]2(C)[C@@H](c3cc(C)c(O)c(C)c3)C3=CC[C@@H]4C(=O)N(C5CCCCC5)C(=O)[C@@H]4[C@@H]3C[C@H]2C1=O. The van der Waals surface area contributed by atoms with E-state index in [1.807, 2.05) is 32.9 Å². The molecule has 1 aromatic carbocycles. The highest BCUT2D eigenvalue weighted by Gasteiger charge is 2.64. The average molecular weight is 530 g/mol. The van der Waals surface area contributed by atoms with Crippen LogP contribution < -0.4 is 0 Å². The van der Waals surface area contributed by atoms with Gasteiger partial charge in [-0.25, -0.2) is 0 Å². The first kappa shape index (κ1) is 26.2. The van der Waals surface area contributed by atoms with E-state index in [9.17, 15) is 24.3 Å². The Balaban J connectivity index is 1.51. The zero-order valence-electron chi connectivity index (χ0n) is 23.7. The first-order valence-electron chi connectivity index (χ1n) is 14.6. The van der Waals surface area contributed by atoms with Crippen LogP contribution in [0.1, 0.15) is 88.3 Å². The lowest BCUT2D eigenvalue weighted by Gasteiger charge is -2.54. The molecule has 1 aromatic rings. The van der Waals surface area contributed by atoms with Crippen LogP contribution in [0.3, 0.4) is 0 Å². The molecule has 0 spiro atoms. The number of carbonyl (C=O) groups excluding carboxylic acids is 4. The van der Waals surface area contributed by atoms with Crippen molar-refractivity contribution in [2.45, 2.75) is 91.5 Å². The molecule has 1 aliphatic heterocycles. The lowest BCUT2D eigenvalue weighted by Crippen LogP contribution is -2.55. The normalized spacial score (nSPS) is 35.2. The molecule has 0 aromatic heterocycles. The highest BCUT2D eigenvalue weighted by Crippen LogP contribution is 2.63. The Morgan fingerprint density at radius 1 is 0.872 bits per heavy atom. The number of phenolic OH excluding ortho intramolecular Hbond substituents is 1. The van der Waals surface area contributed by atoms with E-state index in [4.69, 9.17) is 0 Å². The van der Waals surface area contributed by atoms with Crippen LogP contribution in [0.5, 0.6) is 5.75 Å². The topological polar surface area (TPSA) is 91.8 Å². The average Bonchev–Trinajstić information content (AvgIpc) is 3.18. The summed E-state index contributed by atoms with van der Waals surface area (Å²) in [6.45, 7) is 9.11. The molecule has 3 fully saturated rings. The molecule has 6 rings (SSSR count). The second kappa shape index (κ2) is 9.00. The molecule has 0 bridgehead atoms. The molecule has 6 heteroatoms. The number of hydrogen-bond donors (Lipinski definition) is 1. The summed E-state index contributed by atoms with van der Waals surface area (Å²) in [6, 6.07) is 3.84. The van der Waals surface area contributed by atoms with Crippen molar-refractivity contribution in [1.29, 1.82) is 0 Å². The second-order valence-electron chi connectivity index (χ2n) is 13.0. The number of fused-ring (bicyclic) bond motifs is 4. The van der Waals surface area contributed by atoms with Gasteiger partial charge in [-0.05, 0) is 87.1 Å². The molecular formula is C33H39NO5. The van der Waals surface area contributed by atoms with E-state index in [-0.39, 0.29) is 41.1 Å². The third-order valence-corrected chi connectivity index (χ3v) is 11.0. The smallest absolute Gasteiger partial charge is 0.233 e. The summed E-state index contributed by atoms with van der Waals surface area (Å²) in [5.74, 6) is -2.07. The molecule has 1 N–H and O–H groups in total. The van der Waals surface area contributed by atoms with Crippen LogP contribution in [-0.2, 0) is 19.2 Å². The quantitative estimate of drug-likeness (QED) is 0.404. The summed E-state index contributed by atoms with van der Waals surface area (Å²) in [7, 11) is 0. The van der Waals surface area contributed by atoms with Crippen LogP contribution in [0, 0.1) is 42.9 Å². The van der Waals surface area contributed by atoms with E-state index >= 15 is 0 Å². The van der Waals surface area contributed by atoms with E-state index in [1.54, 1.807) is 18.7 Å². The predicted octanol–water partition coefficient (Wildman–Crippen LogP) is 5.49. The Bertz CT molecular complexity index is 1360. The molecule has 5 aliphatic rings. The molecule has 1 saturated heterocycles. The van der Waals surface area contributed by atoms with E-state index in [0.717, 1.165) is 54.4 Å². The Morgan fingerprint density at radius 2 is 1.51 bits per heavy atom. The summed E-state index contributed by atoms with van der Waals surface area (Å²) in [4.78, 5) is 57.4. The Kier molecular flexibility index (Phi) is 6.05. The monoisotopic (exact) mass is 529 g/mol. The highest BCUT2D eigenvalue weighted by atomic mass is 16.3. The van der Waals surface area contributed by atoms with Gasteiger partial charge in [0, 0.05) is 17.9 Å². The summed E-state index contributed by atoms with van der Waals surface area (Å²) >= 11 is 0. The number of amides is 2. The van der Waals surface area contributed by atoms with E-state index in [1.165, 1.54) is 0 Å². The molecule has 2 amide bonds. The van der Waals surface area contributed by atoms with Crippen LogP contribution in [0.25, 0.3) is 0 Å². The summed E-state index contributed by atoms with van der Waals surface area (Å²) in [5, 5.41) is 10.5. The van der Waals surface area contributed by atoms with Crippen LogP contribution in [0.4, 0.5) is 0 Å². The lowest BCUT2D eigenvalue weighted by atomic mass is 9.46. The number of benzene rings is 1. The molecule has 4 aliphatic carbocycles. The largest absolute Gasteiger partial charge is 0.507 e. The molecule has 6 atom stereocenters. The van der Waals surface area contributed by atoms with Gasteiger partial charge in [0.25, 0.3) is 0 Å². The van der Waals surface area contributed by atoms with Crippen LogP contribution in [0.15, 0.2) is 34.9 Å². The zero-order chi connectivity index (χ0) is 28.0. The maximum absolute atomic E-state index is 14.1. The maximum atomic E-state index is 14.1. The number of carbonyl (C=O) groups is 4. The van der Waals surface area contributed by atoms with Gasteiger partial charge in [-0.15, -0.1) is 0 Å². The van der Waals surface area contributed by atoms with Crippen molar-refractivity contribution in [3.8, 4) is 5.75 Å². The number of phenols is 1. The summed E-state index contributed by atoms with van der Waals surface area (Å²) in [5.41, 5.74) is 3.36. The molecule has 206 valence electrons. The minimum absolute atomic E-state index is 0.0166. The Hall–Kier alpha value is -3.02. The highest BCUT2D eigenvalue weighted by molar-refractivity contribution is 6.16. The van der Waals surface area contributed by atoms with Gasteiger partial charge in [-0.3, -0.25) is 24.1 Å². The number of imide groups is 1. The number of aromatic hydroxyl groups is 1. The van der Waals surface area contributed by atoms with Gasteiger partial charge in [0.05, 0.1) is 17.3 Å². The fraction of sp³-hybridized carbons (Fsp3) is 0.576. The molecule has 0 unspecified atom stereocenters. The van der Waals surface area contributed by atoms with E-state index in [0.29, 0.717) is 24.0 Å². The Labute approximate surface area is 230 Å². The summed E-state index contributed by atoms with van der Waals surface area (Å²) in [6.07, 6.45) is 7.95. The number of rotatable bonds is 2. The van der Waals surface area contributed by atoms with Crippen molar-refractivity contribution in [2.75, 3.05) is 0 Å². The second-order valence-corrected chi connectivity index (χ2v) is 13.0. The Morgan fingerprint density at radius 3 is 2.15 bits per heavy atom. The minimum Gasteiger partial charge on any atom is -0.507 e. The first-order chi connectivity index (χ1) is 18.5. The predicted molar refractivity (Wildman–Crippen MR) is 147 cm³/mol. The van der Waals surface area contributed by atoms with Crippen molar-refractivity contribution in [1.82, 2.24) is 4.90 Å². The first-order valence-corrected chi connectivity index (χ1v) is 14.6. The number of likely N-dealkylation sites (tertiary alicyclic amines) is 1. The van der Waals surface area contributed by atoms with E-state index in [2.05, 4.69) is 6.08 Å². The molecule has 6 nitrogen and oxygen atoms in total. The van der Waals surface area contributed by atoms with Gasteiger partial charge in [-0.1, -0.05) is 50.0 Å². The maximum Gasteiger partial charge on any atom is 0.233 e.